The summed E-state index contributed by atoms with van der Waals surface area (Å²) in [6.07, 6.45) is -2.03. The maximum absolute atomic E-state index is 12.4. The molecule has 0 radical (unpaired) electrons. The fraction of sp³-hybridized carbons (Fsp3) is 0.154. The first-order valence-electron chi connectivity index (χ1n) is 11.1. The number of phenolic OH excluding ortho intramolecular Hbond substituents is 1. The number of carbonyl (C=O) groups is 4. The van der Waals surface area contributed by atoms with Crippen molar-refractivity contribution in [3.8, 4) is 16.9 Å². The Morgan fingerprint density at radius 1 is 0.838 bits per heavy atom. The van der Waals surface area contributed by atoms with Gasteiger partial charge < -0.3 is 20.6 Å². The molecule has 2 atom stereocenters. The monoisotopic (exact) mass is 525 g/mol. The van der Waals surface area contributed by atoms with Gasteiger partial charge >= 0.3 is 17.8 Å². The number of rotatable bonds is 8. The zero-order valence-corrected chi connectivity index (χ0v) is 20.1. The molecular weight excluding hydrogens is 502 g/mol. The number of carbonyl (C=O) groups excluding carboxylic acids is 3. The summed E-state index contributed by atoms with van der Waals surface area (Å²) < 4.78 is 0. The third-order valence-electron chi connectivity index (χ3n) is 5.37. The Balaban J connectivity index is 1.65. The van der Waals surface area contributed by atoms with E-state index in [1.54, 1.807) is 24.3 Å². The number of aromatic hydroxyl groups is 1. The van der Waals surface area contributed by atoms with Crippen LogP contribution in [0.15, 0.2) is 72.8 Å². The lowest BCUT2D eigenvalue weighted by atomic mass is 9.98. The molecule has 0 fully saturated rings. The molecule has 3 aromatic carbocycles. The van der Waals surface area contributed by atoms with E-state index in [0.29, 0.717) is 10.6 Å². The van der Waals surface area contributed by atoms with E-state index in [2.05, 4.69) is 5.32 Å². The first-order chi connectivity index (χ1) is 17.6. The van der Waals surface area contributed by atoms with Gasteiger partial charge in [-0.1, -0.05) is 60.1 Å². The number of hydrazine groups is 1. The molecule has 0 aliphatic rings. The topological polar surface area (TPSA) is 165 Å². The largest absolute Gasteiger partial charge is 0.507 e. The summed E-state index contributed by atoms with van der Waals surface area (Å²) in [4.78, 5) is 47.9. The van der Waals surface area contributed by atoms with Gasteiger partial charge in [-0.3, -0.25) is 25.2 Å². The van der Waals surface area contributed by atoms with E-state index in [1.807, 2.05) is 35.1 Å². The molecule has 11 heteroatoms. The second-order valence-electron chi connectivity index (χ2n) is 8.10. The minimum atomic E-state index is -1.78. The van der Waals surface area contributed by atoms with Crippen molar-refractivity contribution < 1.29 is 34.5 Å². The normalized spacial score (nSPS) is 12.2. The zero-order chi connectivity index (χ0) is 26.9. The minimum absolute atomic E-state index is 0.115. The van der Waals surface area contributed by atoms with Gasteiger partial charge in [-0.05, 0) is 47.4 Å². The summed E-state index contributed by atoms with van der Waals surface area (Å²) in [5, 5.41) is 31.6. The van der Waals surface area contributed by atoms with Gasteiger partial charge in [0.15, 0.2) is 6.10 Å². The minimum Gasteiger partial charge on any atom is -0.507 e. The van der Waals surface area contributed by atoms with Crippen LogP contribution in [0.1, 0.15) is 22.3 Å². The fourth-order valence-corrected chi connectivity index (χ4v) is 3.69. The maximum Gasteiger partial charge on any atom is 0.332 e. The third kappa shape index (κ3) is 7.79. The molecule has 3 amide bonds. The van der Waals surface area contributed by atoms with Crippen LogP contribution in [0.4, 0.5) is 0 Å². The van der Waals surface area contributed by atoms with Crippen LogP contribution in [0.5, 0.6) is 5.75 Å². The third-order valence-corrected chi connectivity index (χ3v) is 5.60. The molecule has 0 aliphatic carbocycles. The number of carboxylic acids is 1. The number of carboxylic acid groups (broad SMARTS) is 1. The Kier molecular flexibility index (Phi) is 9.20. The molecule has 192 valence electrons. The summed E-state index contributed by atoms with van der Waals surface area (Å²) in [5.41, 5.74) is 6.32. The van der Waals surface area contributed by atoms with Crippen molar-refractivity contribution >= 4 is 35.3 Å². The molecule has 0 aliphatic heterocycles. The van der Waals surface area contributed by atoms with E-state index in [9.17, 15) is 29.4 Å². The molecule has 0 saturated heterocycles. The SMILES string of the molecule is O=C(NNC(=O)c1ccccc1O)C(=O)N[C@H](Cc1ccc(-c2cccc(Cl)c2)cc1)C[C@@H](O)C(=O)O. The molecule has 0 bridgehead atoms. The highest BCUT2D eigenvalue weighted by Crippen LogP contribution is 2.23. The highest BCUT2D eigenvalue weighted by molar-refractivity contribution is 6.35. The molecule has 3 rings (SSSR count). The molecule has 10 nitrogen and oxygen atoms in total. The van der Waals surface area contributed by atoms with Crippen molar-refractivity contribution in [1.82, 2.24) is 16.2 Å². The van der Waals surface area contributed by atoms with Gasteiger partial charge in [-0.15, -0.1) is 0 Å². The van der Waals surface area contributed by atoms with Gasteiger partial charge in [-0.2, -0.15) is 0 Å². The van der Waals surface area contributed by atoms with E-state index in [4.69, 9.17) is 16.7 Å². The van der Waals surface area contributed by atoms with Crippen molar-refractivity contribution in [2.75, 3.05) is 0 Å². The molecule has 0 aromatic heterocycles. The Hall–Kier alpha value is -4.41. The molecular formula is C26H24ClN3O7. The number of phenols is 1. The first kappa shape index (κ1) is 27.2. The van der Waals surface area contributed by atoms with Crippen LogP contribution in [-0.4, -0.2) is 51.2 Å². The molecule has 37 heavy (non-hydrogen) atoms. The van der Waals surface area contributed by atoms with Crippen molar-refractivity contribution in [3.05, 3.63) is 88.9 Å². The van der Waals surface area contributed by atoms with Gasteiger partial charge in [0.25, 0.3) is 5.91 Å². The van der Waals surface area contributed by atoms with Crippen LogP contribution in [0.3, 0.4) is 0 Å². The number of halogens is 1. The van der Waals surface area contributed by atoms with Gasteiger partial charge in [0, 0.05) is 17.5 Å². The van der Waals surface area contributed by atoms with Gasteiger partial charge in [0.05, 0.1) is 5.56 Å². The number of nitrogens with one attached hydrogen (secondary N) is 3. The van der Waals surface area contributed by atoms with Crippen molar-refractivity contribution in [3.63, 3.8) is 0 Å². The van der Waals surface area contributed by atoms with Crippen molar-refractivity contribution in [2.45, 2.75) is 25.0 Å². The van der Waals surface area contributed by atoms with Crippen molar-refractivity contribution in [1.29, 1.82) is 0 Å². The number of hydrogen-bond acceptors (Lipinski definition) is 6. The van der Waals surface area contributed by atoms with E-state index in [1.165, 1.54) is 24.3 Å². The summed E-state index contributed by atoms with van der Waals surface area (Å²) >= 11 is 6.04. The summed E-state index contributed by atoms with van der Waals surface area (Å²) in [6.45, 7) is 0. The average Bonchev–Trinajstić information content (AvgIpc) is 2.87. The Morgan fingerprint density at radius 3 is 2.19 bits per heavy atom. The highest BCUT2D eigenvalue weighted by Gasteiger charge is 2.25. The quantitative estimate of drug-likeness (QED) is 0.193. The van der Waals surface area contributed by atoms with Crippen LogP contribution in [0, 0.1) is 0 Å². The van der Waals surface area contributed by atoms with Gasteiger partial charge in [0.2, 0.25) is 0 Å². The number of benzene rings is 3. The van der Waals surface area contributed by atoms with E-state index < -0.39 is 35.8 Å². The lowest BCUT2D eigenvalue weighted by molar-refractivity contribution is -0.147. The average molecular weight is 526 g/mol. The maximum atomic E-state index is 12.4. The highest BCUT2D eigenvalue weighted by atomic mass is 35.5. The van der Waals surface area contributed by atoms with Crippen LogP contribution in [0.25, 0.3) is 11.1 Å². The second kappa shape index (κ2) is 12.5. The Bertz CT molecular complexity index is 1300. The molecule has 0 saturated carbocycles. The predicted octanol–water partition coefficient (Wildman–Crippen LogP) is 2.04. The van der Waals surface area contributed by atoms with E-state index >= 15 is 0 Å². The number of para-hydroxylation sites is 1. The predicted molar refractivity (Wildman–Crippen MR) is 134 cm³/mol. The number of hydrogen-bond donors (Lipinski definition) is 6. The van der Waals surface area contributed by atoms with Gasteiger partial charge in [0.1, 0.15) is 5.75 Å². The molecule has 0 spiro atoms. The van der Waals surface area contributed by atoms with Crippen LogP contribution in [-0.2, 0) is 20.8 Å². The number of aliphatic carboxylic acids is 1. The number of aliphatic hydroxyl groups excluding tert-OH is 1. The smallest absolute Gasteiger partial charge is 0.332 e. The number of amides is 3. The Labute approximate surface area is 216 Å². The molecule has 6 N–H and O–H groups in total. The van der Waals surface area contributed by atoms with Gasteiger partial charge in [-0.25, -0.2) is 4.79 Å². The summed E-state index contributed by atoms with van der Waals surface area (Å²) in [6, 6.07) is 19.2. The Morgan fingerprint density at radius 2 is 1.54 bits per heavy atom. The second-order valence-corrected chi connectivity index (χ2v) is 8.53. The first-order valence-corrected chi connectivity index (χ1v) is 11.5. The lowest BCUT2D eigenvalue weighted by Crippen LogP contribution is -2.51. The van der Waals surface area contributed by atoms with E-state index in [0.717, 1.165) is 11.1 Å². The zero-order valence-electron chi connectivity index (χ0n) is 19.3. The standard InChI is InChI=1S/C26H24ClN3O7/c27-18-5-3-4-17(13-18)16-10-8-15(9-11-16)12-19(14-22(32)26(36)37)28-24(34)25(35)30-29-23(33)20-6-1-2-7-21(20)31/h1-11,13,19,22,31-32H,12,14H2,(H,28,34)(H,29,33)(H,30,35)(H,36,37)/t19-,22-/m1/s1. The summed E-state index contributed by atoms with van der Waals surface area (Å²) in [5.74, 6) is -5.03. The fourth-order valence-electron chi connectivity index (χ4n) is 3.50. The number of aliphatic hydroxyl groups is 1. The summed E-state index contributed by atoms with van der Waals surface area (Å²) in [7, 11) is 0. The molecule has 0 unspecified atom stereocenters. The molecule has 0 heterocycles. The van der Waals surface area contributed by atoms with Crippen LogP contribution >= 0.6 is 11.6 Å². The van der Waals surface area contributed by atoms with Crippen molar-refractivity contribution in [2.24, 2.45) is 0 Å². The lowest BCUT2D eigenvalue weighted by Gasteiger charge is -2.20. The van der Waals surface area contributed by atoms with Crippen LogP contribution < -0.4 is 16.2 Å². The molecule has 3 aromatic rings. The van der Waals surface area contributed by atoms with Crippen LogP contribution in [0.2, 0.25) is 5.02 Å². The van der Waals surface area contributed by atoms with E-state index in [-0.39, 0.29) is 24.2 Å².